The van der Waals surface area contributed by atoms with Crippen molar-refractivity contribution in [1.29, 1.82) is 0 Å². The fraction of sp³-hybridized carbons (Fsp3) is 0.500. The van der Waals surface area contributed by atoms with Crippen molar-refractivity contribution in [2.45, 2.75) is 38.5 Å². The maximum atomic E-state index is 12.4. The summed E-state index contributed by atoms with van der Waals surface area (Å²) in [7, 11) is 1.64. The Hall–Kier alpha value is -2.70. The zero-order chi connectivity index (χ0) is 19.2. The standard InChI is InChI=1S/C20H25N3O4/c1-22-17(21-16-9-5-4-8-15(16)20(22)26)10-11-19(25)27-14-18(24)23-12-6-2-3-7-13-23/h4-5,8-9H,2-3,6-7,10-14H2,1H3. The Morgan fingerprint density at radius 1 is 1.11 bits per heavy atom. The molecule has 7 nitrogen and oxygen atoms in total. The quantitative estimate of drug-likeness (QED) is 0.749. The number of esters is 1. The third-order valence-electron chi connectivity index (χ3n) is 4.94. The summed E-state index contributed by atoms with van der Waals surface area (Å²) in [4.78, 5) is 42.8. The summed E-state index contributed by atoms with van der Waals surface area (Å²) < 4.78 is 6.59. The van der Waals surface area contributed by atoms with E-state index >= 15 is 0 Å². The van der Waals surface area contributed by atoms with Gasteiger partial charge in [-0.1, -0.05) is 25.0 Å². The molecular formula is C20H25N3O4. The maximum absolute atomic E-state index is 12.4. The monoisotopic (exact) mass is 371 g/mol. The molecule has 7 heteroatoms. The second-order valence-electron chi connectivity index (χ2n) is 6.87. The number of nitrogens with zero attached hydrogens (tertiary/aromatic N) is 3. The molecule has 1 aliphatic rings. The molecule has 1 fully saturated rings. The molecule has 27 heavy (non-hydrogen) atoms. The summed E-state index contributed by atoms with van der Waals surface area (Å²) in [5, 5.41) is 0.550. The predicted octanol–water partition coefficient (Wildman–Crippen LogP) is 1.81. The summed E-state index contributed by atoms with van der Waals surface area (Å²) in [6.07, 6.45) is 4.64. The lowest BCUT2D eigenvalue weighted by molar-refractivity contribution is -0.152. The zero-order valence-electron chi connectivity index (χ0n) is 15.6. The molecule has 0 spiro atoms. The predicted molar refractivity (Wildman–Crippen MR) is 101 cm³/mol. The lowest BCUT2D eigenvalue weighted by Crippen LogP contribution is -2.35. The van der Waals surface area contributed by atoms with Gasteiger partial charge in [-0.05, 0) is 25.0 Å². The molecule has 144 valence electrons. The van der Waals surface area contributed by atoms with Gasteiger partial charge >= 0.3 is 5.97 Å². The van der Waals surface area contributed by atoms with E-state index in [9.17, 15) is 14.4 Å². The number of hydrogen-bond acceptors (Lipinski definition) is 5. The van der Waals surface area contributed by atoms with Gasteiger partial charge in [0.15, 0.2) is 6.61 Å². The molecule has 0 aliphatic carbocycles. The number of aryl methyl sites for hydroxylation is 1. The van der Waals surface area contributed by atoms with Crippen molar-refractivity contribution < 1.29 is 14.3 Å². The number of aromatic nitrogens is 2. The van der Waals surface area contributed by atoms with Crippen LogP contribution in [0.25, 0.3) is 10.9 Å². The Bertz CT molecular complexity index is 882. The van der Waals surface area contributed by atoms with Gasteiger partial charge in [-0.2, -0.15) is 0 Å². The normalized spacial score (nSPS) is 14.8. The molecule has 0 N–H and O–H groups in total. The third kappa shape index (κ3) is 4.72. The van der Waals surface area contributed by atoms with E-state index < -0.39 is 5.97 Å². The van der Waals surface area contributed by atoms with Gasteiger partial charge in [0.25, 0.3) is 11.5 Å². The van der Waals surface area contributed by atoms with Crippen LogP contribution in [0, 0.1) is 0 Å². The van der Waals surface area contributed by atoms with Crippen LogP contribution in [0.15, 0.2) is 29.1 Å². The first-order valence-electron chi connectivity index (χ1n) is 9.44. The lowest BCUT2D eigenvalue weighted by atomic mass is 10.2. The number of rotatable bonds is 5. The number of carbonyl (C=O) groups excluding carboxylic acids is 2. The van der Waals surface area contributed by atoms with Gasteiger partial charge in [-0.15, -0.1) is 0 Å². The van der Waals surface area contributed by atoms with Crippen LogP contribution < -0.4 is 5.56 Å². The van der Waals surface area contributed by atoms with E-state index in [1.54, 1.807) is 30.1 Å². The van der Waals surface area contributed by atoms with Gasteiger partial charge in [0.1, 0.15) is 5.82 Å². The average molecular weight is 371 g/mol. The summed E-state index contributed by atoms with van der Waals surface area (Å²) in [6, 6.07) is 7.13. The minimum absolute atomic E-state index is 0.0753. The van der Waals surface area contributed by atoms with Gasteiger partial charge in [0, 0.05) is 26.6 Å². The Morgan fingerprint density at radius 3 is 2.56 bits per heavy atom. The highest BCUT2D eigenvalue weighted by Gasteiger charge is 2.17. The lowest BCUT2D eigenvalue weighted by Gasteiger charge is -2.19. The first-order valence-corrected chi connectivity index (χ1v) is 9.44. The van der Waals surface area contributed by atoms with Crippen LogP contribution in [0.3, 0.4) is 0 Å². The smallest absolute Gasteiger partial charge is 0.306 e. The van der Waals surface area contributed by atoms with Crippen molar-refractivity contribution in [3.8, 4) is 0 Å². The van der Waals surface area contributed by atoms with E-state index in [1.807, 2.05) is 6.07 Å². The minimum Gasteiger partial charge on any atom is -0.456 e. The second-order valence-corrected chi connectivity index (χ2v) is 6.87. The number of fused-ring (bicyclic) bond motifs is 1. The number of carbonyl (C=O) groups is 2. The highest BCUT2D eigenvalue weighted by atomic mass is 16.5. The van der Waals surface area contributed by atoms with Crippen LogP contribution in [0.2, 0.25) is 0 Å². The number of para-hydroxylation sites is 1. The molecule has 3 rings (SSSR count). The number of amides is 1. The van der Waals surface area contributed by atoms with Gasteiger partial charge in [0.05, 0.1) is 17.3 Å². The average Bonchev–Trinajstić information content (AvgIpc) is 2.97. The third-order valence-corrected chi connectivity index (χ3v) is 4.94. The van der Waals surface area contributed by atoms with Crippen LogP contribution in [0.5, 0.6) is 0 Å². The SMILES string of the molecule is Cn1c(CCC(=O)OCC(=O)N2CCCCCC2)nc2ccccc2c1=O. The molecule has 1 amide bonds. The summed E-state index contributed by atoms with van der Waals surface area (Å²) in [5.74, 6) is -0.0726. The van der Waals surface area contributed by atoms with Crippen LogP contribution in [0.4, 0.5) is 0 Å². The van der Waals surface area contributed by atoms with Crippen molar-refractivity contribution in [3.05, 3.63) is 40.4 Å². The Labute approximate surface area is 157 Å². The van der Waals surface area contributed by atoms with Crippen LogP contribution in [-0.2, 0) is 27.8 Å². The summed E-state index contributed by atoms with van der Waals surface area (Å²) in [5.41, 5.74) is 0.473. The van der Waals surface area contributed by atoms with Crippen molar-refractivity contribution in [2.75, 3.05) is 19.7 Å². The fourth-order valence-corrected chi connectivity index (χ4v) is 3.33. The highest BCUT2D eigenvalue weighted by molar-refractivity contribution is 5.81. The number of ether oxygens (including phenoxy) is 1. The zero-order valence-corrected chi connectivity index (χ0v) is 15.6. The Morgan fingerprint density at radius 2 is 1.81 bits per heavy atom. The summed E-state index contributed by atoms with van der Waals surface area (Å²) in [6.45, 7) is 1.25. The topological polar surface area (TPSA) is 81.5 Å². The molecule has 0 unspecified atom stereocenters. The Balaban J connectivity index is 1.55. The van der Waals surface area contributed by atoms with Crippen molar-refractivity contribution >= 4 is 22.8 Å². The molecule has 2 heterocycles. The molecule has 1 aromatic heterocycles. The van der Waals surface area contributed by atoms with Gasteiger partial charge < -0.3 is 9.64 Å². The highest BCUT2D eigenvalue weighted by Crippen LogP contribution is 2.11. The maximum Gasteiger partial charge on any atom is 0.306 e. The van der Waals surface area contributed by atoms with Crippen LogP contribution in [-0.4, -0.2) is 46.0 Å². The molecule has 1 aliphatic heterocycles. The van der Waals surface area contributed by atoms with E-state index in [4.69, 9.17) is 4.74 Å². The number of likely N-dealkylation sites (tertiary alicyclic amines) is 1. The number of hydrogen-bond donors (Lipinski definition) is 0. The van der Waals surface area contributed by atoms with Crippen molar-refractivity contribution in [3.63, 3.8) is 0 Å². The fourth-order valence-electron chi connectivity index (χ4n) is 3.33. The molecule has 0 atom stereocenters. The van der Waals surface area contributed by atoms with Gasteiger partial charge in [-0.3, -0.25) is 19.0 Å². The molecule has 0 radical (unpaired) electrons. The van der Waals surface area contributed by atoms with Gasteiger partial charge in [0.2, 0.25) is 0 Å². The molecule has 1 saturated heterocycles. The summed E-state index contributed by atoms with van der Waals surface area (Å²) >= 11 is 0. The van der Waals surface area contributed by atoms with E-state index in [0.717, 1.165) is 38.8 Å². The number of benzene rings is 1. The molecular weight excluding hydrogens is 346 g/mol. The Kier molecular flexibility index (Phi) is 6.21. The largest absolute Gasteiger partial charge is 0.456 e. The van der Waals surface area contributed by atoms with Crippen molar-refractivity contribution in [2.24, 2.45) is 7.05 Å². The van der Waals surface area contributed by atoms with E-state index in [1.165, 1.54) is 4.57 Å². The molecule has 0 bridgehead atoms. The van der Waals surface area contributed by atoms with Crippen LogP contribution >= 0.6 is 0 Å². The molecule has 1 aromatic carbocycles. The van der Waals surface area contributed by atoms with Gasteiger partial charge in [-0.25, -0.2) is 4.98 Å². The minimum atomic E-state index is -0.458. The first-order chi connectivity index (χ1) is 13.1. The molecule has 2 aromatic rings. The van der Waals surface area contributed by atoms with Crippen molar-refractivity contribution in [1.82, 2.24) is 14.5 Å². The van der Waals surface area contributed by atoms with E-state index in [0.29, 0.717) is 16.7 Å². The molecule has 0 saturated carbocycles. The second kappa shape index (κ2) is 8.79. The first kappa shape index (κ1) is 19.1. The van der Waals surface area contributed by atoms with E-state index in [-0.39, 0.29) is 30.9 Å². The van der Waals surface area contributed by atoms with Crippen LogP contribution in [0.1, 0.15) is 37.9 Å². The van der Waals surface area contributed by atoms with E-state index in [2.05, 4.69) is 4.98 Å².